The number of hydrogen-bond acceptors (Lipinski definition) is 5. The third kappa shape index (κ3) is 16.9. The van der Waals surface area contributed by atoms with Crippen molar-refractivity contribution in [2.75, 3.05) is 47.1 Å². The Balaban J connectivity index is 4.12. The molecule has 0 radical (unpaired) electrons. The van der Waals surface area contributed by atoms with E-state index in [1.54, 1.807) is 0 Å². The molecule has 0 aliphatic rings. The molecule has 0 aromatic heterocycles. The minimum absolute atomic E-state index is 0.129. The summed E-state index contributed by atoms with van der Waals surface area (Å²) >= 11 is 0. The van der Waals surface area contributed by atoms with Crippen molar-refractivity contribution in [1.29, 1.82) is 0 Å². The van der Waals surface area contributed by atoms with Crippen LogP contribution >= 0.6 is 0 Å². The number of likely N-dealkylation sites (N-methyl/N-ethyl adjacent to an activating group) is 1. The molecule has 0 aliphatic carbocycles. The van der Waals surface area contributed by atoms with E-state index >= 15 is 0 Å². The maximum Gasteiger partial charge on any atom is 0.161 e. The third-order valence-corrected chi connectivity index (χ3v) is 7.02. The fourth-order valence-electron chi connectivity index (χ4n) is 3.20. The zero-order valence-electron chi connectivity index (χ0n) is 19.3. The number of nitrogens with zero attached hydrogens (tertiary/aromatic N) is 1. The van der Waals surface area contributed by atoms with Crippen molar-refractivity contribution in [2.24, 2.45) is 0 Å². The molecule has 0 amide bonds. The summed E-state index contributed by atoms with van der Waals surface area (Å²) in [6.07, 6.45) is 4.71. The van der Waals surface area contributed by atoms with Crippen molar-refractivity contribution < 1.29 is 18.3 Å². The Morgan fingerprint density at radius 3 is 1.44 bits per heavy atom. The summed E-state index contributed by atoms with van der Waals surface area (Å²) in [4.78, 5) is 2.45. The fourth-order valence-corrected chi connectivity index (χ4v) is 4.89. The van der Waals surface area contributed by atoms with Gasteiger partial charge in [-0.15, -0.1) is 0 Å². The first-order valence-electron chi connectivity index (χ1n) is 10.7. The van der Waals surface area contributed by atoms with Crippen LogP contribution < -0.4 is 0 Å². The van der Waals surface area contributed by atoms with Gasteiger partial charge < -0.3 is 18.3 Å². The number of hydrogen-bond donors (Lipinski definition) is 0. The Labute approximate surface area is 173 Å². The molecule has 27 heavy (non-hydrogen) atoms. The van der Waals surface area contributed by atoms with Crippen LogP contribution in [0.3, 0.4) is 0 Å². The van der Waals surface area contributed by atoms with Crippen LogP contribution in [-0.2, 0) is 18.3 Å². The predicted molar refractivity (Wildman–Crippen MR) is 121 cm³/mol. The molecule has 7 heteroatoms. The van der Waals surface area contributed by atoms with Gasteiger partial charge in [0.1, 0.15) is 0 Å². The normalized spacial score (nSPS) is 13.8. The van der Waals surface area contributed by atoms with Crippen LogP contribution in [0, 0.1) is 0 Å². The molecule has 0 N–H and O–H groups in total. The van der Waals surface area contributed by atoms with Crippen LogP contribution in [0.5, 0.6) is 0 Å². The second-order valence-electron chi connectivity index (χ2n) is 8.63. The second-order valence-corrected chi connectivity index (χ2v) is 12.0. The lowest BCUT2D eigenvalue weighted by Gasteiger charge is -2.37. The highest BCUT2D eigenvalue weighted by atomic mass is 28.2. The summed E-state index contributed by atoms with van der Waals surface area (Å²) in [7, 11) is 3.08. The lowest BCUT2D eigenvalue weighted by Crippen LogP contribution is -2.47. The van der Waals surface area contributed by atoms with Crippen LogP contribution in [0.1, 0.15) is 60.3 Å². The topological polar surface area (TPSA) is 40.2 Å². The lowest BCUT2D eigenvalue weighted by molar-refractivity contribution is -0.0727. The molecule has 0 rings (SSSR count). The second kappa shape index (κ2) is 16.1. The summed E-state index contributed by atoms with van der Waals surface area (Å²) in [5.74, 6) is 0. The zero-order chi connectivity index (χ0) is 20.6. The number of rotatable bonds is 19. The highest BCUT2D eigenvalue weighted by Gasteiger charge is 2.27. The van der Waals surface area contributed by atoms with Gasteiger partial charge in [0.25, 0.3) is 0 Å². The smallest absolute Gasteiger partial charge is 0.161 e. The van der Waals surface area contributed by atoms with Crippen LogP contribution in [0.15, 0.2) is 0 Å². The molecule has 0 saturated carbocycles. The molecule has 164 valence electrons. The van der Waals surface area contributed by atoms with Crippen molar-refractivity contribution >= 4 is 19.5 Å². The minimum Gasteiger partial charge on any atom is -0.427 e. The Kier molecular flexibility index (Phi) is 16.2. The lowest BCUT2D eigenvalue weighted by atomic mass is 10.1. The van der Waals surface area contributed by atoms with Gasteiger partial charge in [0.05, 0.1) is 11.2 Å². The molecule has 0 aliphatic heterocycles. The molecule has 0 bridgehead atoms. The van der Waals surface area contributed by atoms with Crippen molar-refractivity contribution in [2.45, 2.75) is 83.6 Å². The molecule has 0 fully saturated rings. The Bertz CT molecular complexity index is 314. The van der Waals surface area contributed by atoms with Gasteiger partial charge in [-0.25, -0.2) is 0 Å². The van der Waals surface area contributed by atoms with Crippen LogP contribution in [0.25, 0.3) is 0 Å². The average Bonchev–Trinajstić information content (AvgIpc) is 2.60. The van der Waals surface area contributed by atoms with Crippen molar-refractivity contribution in [3.8, 4) is 0 Å². The van der Waals surface area contributed by atoms with E-state index in [0.29, 0.717) is 0 Å². The predicted octanol–water partition coefficient (Wildman–Crippen LogP) is 2.76. The first-order chi connectivity index (χ1) is 12.8. The van der Waals surface area contributed by atoms with E-state index in [0.717, 1.165) is 45.7 Å². The van der Waals surface area contributed by atoms with Gasteiger partial charge in [-0.1, -0.05) is 19.8 Å². The molecule has 5 nitrogen and oxygen atoms in total. The van der Waals surface area contributed by atoms with Gasteiger partial charge in [0, 0.05) is 40.5 Å². The molecule has 0 spiro atoms. The first-order valence-corrected chi connectivity index (χ1v) is 13.9. The Morgan fingerprint density at radius 1 is 0.704 bits per heavy atom. The van der Waals surface area contributed by atoms with Crippen molar-refractivity contribution in [3.05, 3.63) is 0 Å². The highest BCUT2D eigenvalue weighted by molar-refractivity contribution is 6.27. The zero-order valence-corrected chi connectivity index (χ0v) is 22.1. The number of ether oxygens (including phenoxy) is 2. The van der Waals surface area contributed by atoms with E-state index < -0.39 is 0 Å². The Morgan fingerprint density at radius 2 is 1.11 bits per heavy atom. The fraction of sp³-hybridized carbons (Fsp3) is 1.00. The number of unbranched alkanes of at least 4 members (excludes halogenated alkanes) is 2. The summed E-state index contributed by atoms with van der Waals surface area (Å²) in [5.41, 5.74) is -0.259. The van der Waals surface area contributed by atoms with E-state index in [1.807, 2.05) is 14.2 Å². The standard InChI is InChI=1S/C20H47NO4Si2/c1-8-21(17-19(2,3)24-13-9-11-15-26-22-6)18-20(4,5)25-14-10-12-16-27-23-7/h8-18,26-27H2,1-7H3. The summed E-state index contributed by atoms with van der Waals surface area (Å²) < 4.78 is 22.8. The third-order valence-electron chi connectivity index (χ3n) is 4.63. The van der Waals surface area contributed by atoms with Gasteiger partial charge in [-0.2, -0.15) is 0 Å². The molecule has 0 unspecified atom stereocenters. The quantitative estimate of drug-likeness (QED) is 0.237. The van der Waals surface area contributed by atoms with Crippen molar-refractivity contribution in [3.63, 3.8) is 0 Å². The molecule has 0 aromatic carbocycles. The minimum atomic E-state index is -0.278. The molecular formula is C20H47NO4Si2. The van der Waals surface area contributed by atoms with Crippen LogP contribution in [-0.4, -0.2) is 82.7 Å². The van der Waals surface area contributed by atoms with E-state index in [4.69, 9.17) is 18.3 Å². The van der Waals surface area contributed by atoms with E-state index in [-0.39, 0.29) is 30.7 Å². The van der Waals surface area contributed by atoms with Crippen LogP contribution in [0.2, 0.25) is 12.1 Å². The van der Waals surface area contributed by atoms with Crippen molar-refractivity contribution in [1.82, 2.24) is 4.90 Å². The first kappa shape index (κ1) is 27.2. The summed E-state index contributed by atoms with van der Waals surface area (Å²) in [6.45, 7) is 15.6. The van der Waals surface area contributed by atoms with E-state index in [9.17, 15) is 0 Å². The largest absolute Gasteiger partial charge is 0.427 e. The molecule has 0 aromatic rings. The summed E-state index contributed by atoms with van der Waals surface area (Å²) in [6, 6.07) is 2.50. The maximum atomic E-state index is 6.18. The average molecular weight is 422 g/mol. The van der Waals surface area contributed by atoms with E-state index in [1.165, 1.54) is 24.9 Å². The maximum absolute atomic E-state index is 6.18. The molecule has 0 saturated heterocycles. The highest BCUT2D eigenvalue weighted by Crippen LogP contribution is 2.18. The van der Waals surface area contributed by atoms with Gasteiger partial charge in [0.2, 0.25) is 0 Å². The monoisotopic (exact) mass is 421 g/mol. The van der Waals surface area contributed by atoms with Gasteiger partial charge in [-0.05, 0) is 59.2 Å². The Hall–Kier alpha value is 0.234. The van der Waals surface area contributed by atoms with Gasteiger partial charge in [0.15, 0.2) is 19.5 Å². The molecule has 0 heterocycles. The van der Waals surface area contributed by atoms with Gasteiger partial charge in [-0.3, -0.25) is 4.90 Å². The molecular weight excluding hydrogens is 374 g/mol. The van der Waals surface area contributed by atoms with E-state index in [2.05, 4.69) is 39.5 Å². The summed E-state index contributed by atoms with van der Waals surface area (Å²) in [5, 5.41) is 0. The van der Waals surface area contributed by atoms with Gasteiger partial charge >= 0.3 is 0 Å². The SMILES string of the molecule is CCN(CC(C)(C)OCCCC[SiH2]OC)CC(C)(C)OCCCC[SiH2]OC. The molecule has 0 atom stereocenters. The van der Waals surface area contributed by atoms with Crippen LogP contribution in [0.4, 0.5) is 0 Å².